The van der Waals surface area contributed by atoms with E-state index in [1.807, 2.05) is 72.7 Å². The fourth-order valence-electron chi connectivity index (χ4n) is 3.30. The molecule has 6 nitrogen and oxygen atoms in total. The van der Waals surface area contributed by atoms with E-state index >= 15 is 0 Å². The Morgan fingerprint density at radius 2 is 1.89 bits per heavy atom. The number of rotatable bonds is 7. The molecule has 0 atom stereocenters. The van der Waals surface area contributed by atoms with Crippen LogP contribution in [0.2, 0.25) is 0 Å². The first-order valence-corrected chi connectivity index (χ1v) is 9.17. The van der Waals surface area contributed by atoms with E-state index in [2.05, 4.69) is 5.16 Å². The molecule has 2 heterocycles. The zero-order valence-electron chi connectivity index (χ0n) is 16.5. The van der Waals surface area contributed by atoms with Gasteiger partial charge in [0.2, 0.25) is 0 Å². The minimum Gasteiger partial charge on any atom is -0.360 e. The maximum atomic E-state index is 13.3. The summed E-state index contributed by atoms with van der Waals surface area (Å²) in [6.07, 6.45) is 0.764. The average molecular weight is 403 g/mol. The van der Waals surface area contributed by atoms with Gasteiger partial charge in [-0.1, -0.05) is 35.5 Å². The molecular weight excluding hydrogens is 376 g/mol. The van der Waals surface area contributed by atoms with Gasteiger partial charge in [0.25, 0.3) is 5.91 Å². The fourth-order valence-corrected chi connectivity index (χ4v) is 3.30. The van der Waals surface area contributed by atoms with Gasteiger partial charge in [0, 0.05) is 30.5 Å². The largest absolute Gasteiger partial charge is 0.360 e. The maximum Gasteiger partial charge on any atom is 0.255 e. The van der Waals surface area contributed by atoms with Gasteiger partial charge in [-0.3, -0.25) is 9.36 Å². The standard InChI is InChI=1S/C21H26N4O2.ClH/c1-15-12-19(17(3)25(15)20-13-16(2)27-23-20)21(26)24(11-7-10-22)14-18-8-5-4-6-9-18;/h4-6,8-9,12-13H,7,10-11,14,22H2,1-3H3;1H. The number of hydrogen-bond acceptors (Lipinski definition) is 4. The van der Waals surface area contributed by atoms with Crippen molar-refractivity contribution in [3.8, 4) is 5.82 Å². The Morgan fingerprint density at radius 3 is 2.50 bits per heavy atom. The lowest BCUT2D eigenvalue weighted by Crippen LogP contribution is -2.32. The van der Waals surface area contributed by atoms with Crippen molar-refractivity contribution >= 4 is 18.3 Å². The molecule has 0 fully saturated rings. The van der Waals surface area contributed by atoms with E-state index in [-0.39, 0.29) is 18.3 Å². The predicted octanol–water partition coefficient (Wildman–Crippen LogP) is 3.80. The molecule has 0 aliphatic heterocycles. The van der Waals surface area contributed by atoms with Crippen LogP contribution in [0.3, 0.4) is 0 Å². The number of amides is 1. The second kappa shape index (κ2) is 9.57. The van der Waals surface area contributed by atoms with Gasteiger partial charge in [-0.25, -0.2) is 0 Å². The Balaban J connectivity index is 0.00000280. The third-order valence-corrected chi connectivity index (χ3v) is 4.64. The Morgan fingerprint density at radius 1 is 1.18 bits per heavy atom. The van der Waals surface area contributed by atoms with Gasteiger partial charge >= 0.3 is 0 Å². The monoisotopic (exact) mass is 402 g/mol. The van der Waals surface area contributed by atoms with Crippen molar-refractivity contribution < 1.29 is 9.32 Å². The molecule has 0 aliphatic rings. The third kappa shape index (κ3) is 4.64. The summed E-state index contributed by atoms with van der Waals surface area (Å²) in [4.78, 5) is 15.2. The van der Waals surface area contributed by atoms with Crippen LogP contribution in [-0.2, 0) is 6.54 Å². The first-order valence-electron chi connectivity index (χ1n) is 9.17. The van der Waals surface area contributed by atoms with Crippen LogP contribution >= 0.6 is 12.4 Å². The molecule has 0 aliphatic carbocycles. The molecule has 0 radical (unpaired) electrons. The summed E-state index contributed by atoms with van der Waals surface area (Å²) in [5.74, 6) is 1.43. The number of hydrogen-bond donors (Lipinski definition) is 1. The zero-order valence-corrected chi connectivity index (χ0v) is 17.3. The molecule has 0 spiro atoms. The van der Waals surface area contributed by atoms with E-state index in [1.165, 1.54) is 0 Å². The Hall–Kier alpha value is -2.57. The van der Waals surface area contributed by atoms with Crippen molar-refractivity contribution in [1.82, 2.24) is 14.6 Å². The summed E-state index contributed by atoms with van der Waals surface area (Å²) in [5, 5.41) is 4.09. The highest BCUT2D eigenvalue weighted by molar-refractivity contribution is 5.96. The van der Waals surface area contributed by atoms with Gasteiger partial charge in [-0.05, 0) is 45.4 Å². The molecule has 1 amide bonds. The summed E-state index contributed by atoms with van der Waals surface area (Å²) >= 11 is 0. The van der Waals surface area contributed by atoms with Gasteiger partial charge in [-0.2, -0.15) is 0 Å². The Kier molecular flexibility index (Phi) is 7.43. The molecule has 0 bridgehead atoms. The summed E-state index contributed by atoms with van der Waals surface area (Å²) in [7, 11) is 0. The molecule has 0 unspecified atom stereocenters. The molecule has 0 saturated carbocycles. The second-order valence-corrected chi connectivity index (χ2v) is 6.77. The van der Waals surface area contributed by atoms with E-state index in [0.29, 0.717) is 31.0 Å². The number of carbonyl (C=O) groups excluding carboxylic acids is 1. The van der Waals surface area contributed by atoms with Crippen LogP contribution < -0.4 is 5.73 Å². The van der Waals surface area contributed by atoms with Crippen molar-refractivity contribution in [3.05, 3.63) is 70.7 Å². The lowest BCUT2D eigenvalue weighted by molar-refractivity contribution is 0.0741. The predicted molar refractivity (Wildman–Crippen MR) is 112 cm³/mol. The van der Waals surface area contributed by atoms with Crippen LogP contribution in [0, 0.1) is 20.8 Å². The van der Waals surface area contributed by atoms with Crippen molar-refractivity contribution in [2.24, 2.45) is 5.73 Å². The number of nitrogens with zero attached hydrogens (tertiary/aromatic N) is 3. The van der Waals surface area contributed by atoms with Crippen LogP contribution in [0.4, 0.5) is 0 Å². The summed E-state index contributed by atoms with van der Waals surface area (Å²) in [5.41, 5.74) is 9.27. The molecule has 150 valence electrons. The summed E-state index contributed by atoms with van der Waals surface area (Å²) in [6, 6.07) is 13.8. The SMILES string of the molecule is Cc1cc(-n2c(C)cc(C(=O)N(CCCN)Cc3ccccc3)c2C)no1.Cl. The normalized spacial score (nSPS) is 10.6. The zero-order chi connectivity index (χ0) is 19.4. The van der Waals surface area contributed by atoms with Gasteiger partial charge in [0.15, 0.2) is 5.82 Å². The Bertz CT molecular complexity index is 918. The number of aromatic nitrogens is 2. The van der Waals surface area contributed by atoms with Crippen molar-refractivity contribution in [1.29, 1.82) is 0 Å². The summed E-state index contributed by atoms with van der Waals surface area (Å²) < 4.78 is 7.15. The first kappa shape index (κ1) is 21.7. The van der Waals surface area contributed by atoms with Crippen LogP contribution in [0.5, 0.6) is 0 Å². The highest BCUT2D eigenvalue weighted by atomic mass is 35.5. The highest BCUT2D eigenvalue weighted by Crippen LogP contribution is 2.22. The van der Waals surface area contributed by atoms with Crippen LogP contribution in [0.1, 0.15) is 39.5 Å². The van der Waals surface area contributed by atoms with Crippen LogP contribution in [-0.4, -0.2) is 33.6 Å². The molecule has 28 heavy (non-hydrogen) atoms. The first-order chi connectivity index (χ1) is 13.0. The smallest absolute Gasteiger partial charge is 0.255 e. The van der Waals surface area contributed by atoms with Crippen LogP contribution in [0.25, 0.3) is 5.82 Å². The quantitative estimate of drug-likeness (QED) is 0.652. The number of benzene rings is 1. The number of halogens is 1. The molecule has 1 aromatic carbocycles. The molecular formula is C21H27ClN4O2. The van der Waals surface area contributed by atoms with Crippen molar-refractivity contribution in [2.45, 2.75) is 33.7 Å². The number of carbonyl (C=O) groups is 1. The third-order valence-electron chi connectivity index (χ3n) is 4.64. The molecule has 3 rings (SSSR count). The second-order valence-electron chi connectivity index (χ2n) is 6.77. The van der Waals surface area contributed by atoms with E-state index in [9.17, 15) is 4.79 Å². The van der Waals surface area contributed by atoms with Gasteiger partial charge in [0.1, 0.15) is 5.76 Å². The molecule has 2 N–H and O–H groups in total. The molecule has 0 saturated heterocycles. The van der Waals surface area contributed by atoms with Gasteiger partial charge in [-0.15, -0.1) is 12.4 Å². The number of nitrogens with two attached hydrogens (primary N) is 1. The minimum atomic E-state index is 0. The molecule has 3 aromatic rings. The Labute approximate surface area is 171 Å². The lowest BCUT2D eigenvalue weighted by Gasteiger charge is -2.23. The van der Waals surface area contributed by atoms with Crippen molar-refractivity contribution in [3.63, 3.8) is 0 Å². The highest BCUT2D eigenvalue weighted by Gasteiger charge is 2.23. The van der Waals surface area contributed by atoms with E-state index in [0.717, 1.165) is 29.1 Å². The lowest BCUT2D eigenvalue weighted by atomic mass is 10.1. The van der Waals surface area contributed by atoms with Crippen molar-refractivity contribution in [2.75, 3.05) is 13.1 Å². The fraction of sp³-hybridized carbons (Fsp3) is 0.333. The van der Waals surface area contributed by atoms with E-state index in [1.54, 1.807) is 0 Å². The average Bonchev–Trinajstić information content (AvgIpc) is 3.21. The van der Waals surface area contributed by atoms with Crippen LogP contribution in [0.15, 0.2) is 47.0 Å². The topological polar surface area (TPSA) is 77.3 Å². The van der Waals surface area contributed by atoms with Gasteiger partial charge in [0.05, 0.1) is 5.56 Å². The minimum absolute atomic E-state index is 0. The van der Waals surface area contributed by atoms with E-state index < -0.39 is 0 Å². The van der Waals surface area contributed by atoms with Gasteiger partial charge < -0.3 is 15.2 Å². The molecule has 7 heteroatoms. The molecule has 2 aromatic heterocycles. The maximum absolute atomic E-state index is 13.3. The van der Waals surface area contributed by atoms with E-state index in [4.69, 9.17) is 10.3 Å². The number of aryl methyl sites for hydroxylation is 2. The summed E-state index contributed by atoms with van der Waals surface area (Å²) in [6.45, 7) is 7.49.